The van der Waals surface area contributed by atoms with Gasteiger partial charge in [-0.05, 0) is 50.1 Å². The third-order valence-electron chi connectivity index (χ3n) is 3.59. The SMILES string of the molecule is C=C/C(F)=C(\C)c1c(C)nn(C)c1Nc1ccc(C)cc1N. The zero-order chi connectivity index (χ0) is 16.4. The van der Waals surface area contributed by atoms with E-state index < -0.39 is 0 Å². The molecule has 2 aromatic rings. The van der Waals surface area contributed by atoms with Crippen molar-refractivity contribution in [1.29, 1.82) is 0 Å². The summed E-state index contributed by atoms with van der Waals surface area (Å²) in [6, 6.07) is 5.76. The average molecular weight is 300 g/mol. The maximum atomic E-state index is 13.9. The van der Waals surface area contributed by atoms with Gasteiger partial charge in [0.2, 0.25) is 0 Å². The standard InChI is InChI=1S/C17H21FN4/c1-6-13(18)11(3)16-12(4)21-22(5)17(16)20-15-8-7-10(2)9-14(15)19/h6-9,20H,1,19H2,2-5H3/b13-11-. The second kappa shape index (κ2) is 6.05. The summed E-state index contributed by atoms with van der Waals surface area (Å²) >= 11 is 0. The average Bonchev–Trinajstić information content (AvgIpc) is 2.74. The summed E-state index contributed by atoms with van der Waals surface area (Å²) in [7, 11) is 1.81. The Balaban J connectivity index is 2.54. The second-order valence-corrected chi connectivity index (χ2v) is 5.33. The third kappa shape index (κ3) is 2.88. The van der Waals surface area contributed by atoms with E-state index in [1.165, 1.54) is 6.08 Å². The van der Waals surface area contributed by atoms with Crippen molar-refractivity contribution >= 4 is 22.8 Å². The smallest absolute Gasteiger partial charge is 0.136 e. The summed E-state index contributed by atoms with van der Waals surface area (Å²) < 4.78 is 15.6. The highest BCUT2D eigenvalue weighted by Crippen LogP contribution is 2.33. The highest BCUT2D eigenvalue weighted by Gasteiger charge is 2.17. The fraction of sp³-hybridized carbons (Fsp3) is 0.235. The Morgan fingerprint density at radius 2 is 2.09 bits per heavy atom. The number of nitrogen functional groups attached to an aromatic ring is 1. The van der Waals surface area contributed by atoms with Crippen molar-refractivity contribution in [2.24, 2.45) is 7.05 Å². The van der Waals surface area contributed by atoms with Crippen LogP contribution in [-0.4, -0.2) is 9.78 Å². The van der Waals surface area contributed by atoms with Gasteiger partial charge in [0.25, 0.3) is 0 Å². The van der Waals surface area contributed by atoms with Gasteiger partial charge >= 0.3 is 0 Å². The van der Waals surface area contributed by atoms with Crippen molar-refractivity contribution in [3.05, 3.63) is 53.5 Å². The van der Waals surface area contributed by atoms with Crippen molar-refractivity contribution in [2.45, 2.75) is 20.8 Å². The van der Waals surface area contributed by atoms with E-state index in [-0.39, 0.29) is 5.83 Å². The van der Waals surface area contributed by atoms with Crippen LogP contribution in [0.15, 0.2) is 36.7 Å². The highest BCUT2D eigenvalue weighted by atomic mass is 19.1. The molecule has 22 heavy (non-hydrogen) atoms. The van der Waals surface area contributed by atoms with Crippen LogP contribution in [0.4, 0.5) is 21.6 Å². The fourth-order valence-corrected chi connectivity index (χ4v) is 2.45. The molecule has 0 aliphatic rings. The van der Waals surface area contributed by atoms with Gasteiger partial charge in [-0.2, -0.15) is 5.10 Å². The number of rotatable bonds is 4. The predicted octanol–water partition coefficient (Wildman–Crippen LogP) is 4.25. The molecule has 0 bridgehead atoms. The van der Waals surface area contributed by atoms with Gasteiger partial charge in [-0.25, -0.2) is 4.39 Å². The number of allylic oxidation sites excluding steroid dienone is 3. The molecular weight excluding hydrogens is 279 g/mol. The summed E-state index contributed by atoms with van der Waals surface area (Å²) in [4.78, 5) is 0. The first kappa shape index (κ1) is 15.8. The lowest BCUT2D eigenvalue weighted by Gasteiger charge is -2.13. The molecule has 0 fully saturated rings. The van der Waals surface area contributed by atoms with E-state index in [0.717, 1.165) is 22.5 Å². The normalized spacial score (nSPS) is 12.0. The number of aryl methyl sites for hydroxylation is 3. The number of halogens is 1. The number of anilines is 3. The molecule has 0 radical (unpaired) electrons. The van der Waals surface area contributed by atoms with E-state index in [2.05, 4.69) is 17.0 Å². The van der Waals surface area contributed by atoms with Crippen molar-refractivity contribution in [3.8, 4) is 0 Å². The molecule has 3 N–H and O–H groups in total. The molecule has 0 atom stereocenters. The first-order valence-corrected chi connectivity index (χ1v) is 7.01. The molecule has 0 amide bonds. The second-order valence-electron chi connectivity index (χ2n) is 5.33. The van der Waals surface area contributed by atoms with Crippen molar-refractivity contribution in [2.75, 3.05) is 11.1 Å². The zero-order valence-electron chi connectivity index (χ0n) is 13.4. The van der Waals surface area contributed by atoms with Crippen molar-refractivity contribution in [3.63, 3.8) is 0 Å². The Labute approximate surface area is 130 Å². The van der Waals surface area contributed by atoms with Gasteiger partial charge in [0.15, 0.2) is 0 Å². The molecule has 116 valence electrons. The summed E-state index contributed by atoms with van der Waals surface area (Å²) in [5, 5.41) is 7.63. The van der Waals surface area contributed by atoms with Crippen LogP contribution in [0.5, 0.6) is 0 Å². The minimum Gasteiger partial charge on any atom is -0.397 e. The van der Waals surface area contributed by atoms with Crippen LogP contribution in [0.2, 0.25) is 0 Å². The summed E-state index contributed by atoms with van der Waals surface area (Å²) in [5.74, 6) is 0.332. The molecule has 0 saturated carbocycles. The molecule has 1 aromatic heterocycles. The quantitative estimate of drug-likeness (QED) is 0.655. The molecule has 0 unspecified atom stereocenters. The molecular formula is C17H21FN4. The van der Waals surface area contributed by atoms with E-state index >= 15 is 0 Å². The van der Waals surface area contributed by atoms with E-state index in [1.807, 2.05) is 39.1 Å². The molecule has 5 heteroatoms. The summed E-state index contributed by atoms with van der Waals surface area (Å²) in [5.41, 5.74) is 10.5. The Bertz CT molecular complexity index is 756. The van der Waals surface area contributed by atoms with Crippen LogP contribution in [-0.2, 0) is 7.05 Å². The fourth-order valence-electron chi connectivity index (χ4n) is 2.45. The molecule has 0 aliphatic carbocycles. The van der Waals surface area contributed by atoms with Crippen molar-refractivity contribution in [1.82, 2.24) is 9.78 Å². The molecule has 0 aliphatic heterocycles. The van der Waals surface area contributed by atoms with Gasteiger partial charge in [0.1, 0.15) is 11.6 Å². The van der Waals surface area contributed by atoms with Gasteiger partial charge in [-0.3, -0.25) is 4.68 Å². The Hall–Kier alpha value is -2.56. The summed E-state index contributed by atoms with van der Waals surface area (Å²) in [6.45, 7) is 9.02. The van der Waals surface area contributed by atoms with E-state index in [1.54, 1.807) is 11.6 Å². The molecule has 0 saturated heterocycles. The number of hydrogen-bond donors (Lipinski definition) is 2. The third-order valence-corrected chi connectivity index (χ3v) is 3.59. The first-order valence-electron chi connectivity index (χ1n) is 7.01. The minimum absolute atomic E-state index is 0.365. The Kier molecular flexibility index (Phi) is 4.35. The largest absolute Gasteiger partial charge is 0.397 e. The summed E-state index contributed by atoms with van der Waals surface area (Å²) in [6.07, 6.45) is 1.20. The van der Waals surface area contributed by atoms with Crippen LogP contribution >= 0.6 is 0 Å². The number of aromatic nitrogens is 2. The number of hydrogen-bond acceptors (Lipinski definition) is 3. The molecule has 1 heterocycles. The molecule has 2 rings (SSSR count). The Morgan fingerprint density at radius 1 is 1.41 bits per heavy atom. The highest BCUT2D eigenvalue weighted by molar-refractivity contribution is 5.82. The molecule has 1 aromatic carbocycles. The monoisotopic (exact) mass is 300 g/mol. The number of benzene rings is 1. The van der Waals surface area contributed by atoms with Crippen LogP contribution in [0, 0.1) is 13.8 Å². The number of nitrogens with zero attached hydrogens (tertiary/aromatic N) is 2. The van der Waals surface area contributed by atoms with Gasteiger partial charge in [-0.1, -0.05) is 12.6 Å². The van der Waals surface area contributed by atoms with E-state index in [9.17, 15) is 4.39 Å². The lowest BCUT2D eigenvalue weighted by Crippen LogP contribution is -2.03. The first-order chi connectivity index (χ1) is 10.3. The van der Waals surface area contributed by atoms with Gasteiger partial charge in [-0.15, -0.1) is 0 Å². The Morgan fingerprint density at radius 3 is 2.68 bits per heavy atom. The maximum Gasteiger partial charge on any atom is 0.136 e. The van der Waals surface area contributed by atoms with Crippen LogP contribution in [0.1, 0.15) is 23.7 Å². The van der Waals surface area contributed by atoms with Crippen LogP contribution in [0.3, 0.4) is 0 Å². The minimum atomic E-state index is -0.365. The molecule has 0 spiro atoms. The zero-order valence-corrected chi connectivity index (χ0v) is 13.4. The van der Waals surface area contributed by atoms with Gasteiger partial charge in [0.05, 0.1) is 17.1 Å². The lowest BCUT2D eigenvalue weighted by molar-refractivity contribution is 0.670. The predicted molar refractivity (Wildman–Crippen MR) is 90.7 cm³/mol. The lowest BCUT2D eigenvalue weighted by atomic mass is 10.1. The molecule has 4 nitrogen and oxygen atoms in total. The van der Waals surface area contributed by atoms with Gasteiger partial charge < -0.3 is 11.1 Å². The van der Waals surface area contributed by atoms with E-state index in [0.29, 0.717) is 17.1 Å². The van der Waals surface area contributed by atoms with Crippen molar-refractivity contribution < 1.29 is 4.39 Å². The topological polar surface area (TPSA) is 55.9 Å². The number of nitrogens with two attached hydrogens (primary N) is 1. The van der Waals surface area contributed by atoms with E-state index in [4.69, 9.17) is 5.73 Å². The number of nitrogens with one attached hydrogen (secondary N) is 1. The maximum absolute atomic E-state index is 13.9. The van der Waals surface area contributed by atoms with Crippen LogP contribution < -0.4 is 11.1 Å². The van der Waals surface area contributed by atoms with Gasteiger partial charge in [0, 0.05) is 12.6 Å². The van der Waals surface area contributed by atoms with Crippen LogP contribution in [0.25, 0.3) is 5.57 Å².